The summed E-state index contributed by atoms with van der Waals surface area (Å²) in [7, 11) is 1.22. The van der Waals surface area contributed by atoms with Gasteiger partial charge < -0.3 is 53.1 Å². The smallest absolute Gasteiger partial charge is 0.408 e. The van der Waals surface area contributed by atoms with Gasteiger partial charge in [0, 0.05) is 32.3 Å². The number of hydrogen-bond donors (Lipinski definition) is 3. The van der Waals surface area contributed by atoms with Crippen molar-refractivity contribution in [2.24, 2.45) is 22.7 Å². The van der Waals surface area contributed by atoms with Crippen LogP contribution in [0.25, 0.3) is 0 Å². The number of carbonyl (C=O) groups excluding carboxylic acids is 6. The van der Waals surface area contributed by atoms with E-state index < -0.39 is 124 Å². The fourth-order valence-corrected chi connectivity index (χ4v) is 10.4. The zero-order valence-electron chi connectivity index (χ0n) is 37.7. The van der Waals surface area contributed by atoms with Crippen LogP contribution in [0.4, 0.5) is 4.79 Å². The fourth-order valence-electron chi connectivity index (χ4n) is 10.4. The molecular formula is C47H59NO16. The molecule has 4 aliphatic carbocycles. The average Bonchev–Trinajstić information content (AvgIpc) is 3.73. The molecule has 3 saturated carbocycles. The van der Waals surface area contributed by atoms with Gasteiger partial charge >= 0.3 is 30.0 Å². The van der Waals surface area contributed by atoms with Crippen molar-refractivity contribution in [1.29, 1.82) is 0 Å². The minimum absolute atomic E-state index is 0.0304. The number of aliphatic hydroxyl groups excluding tert-OH is 1. The van der Waals surface area contributed by atoms with Gasteiger partial charge in [-0.05, 0) is 82.9 Å². The van der Waals surface area contributed by atoms with Crippen molar-refractivity contribution in [2.75, 3.05) is 13.7 Å². The number of benzene rings is 1. The van der Waals surface area contributed by atoms with Crippen molar-refractivity contribution in [3.8, 4) is 0 Å². The lowest BCUT2D eigenvalue weighted by Gasteiger charge is -2.67. The number of carbonyl (C=O) groups is 6. The topological polar surface area (TPSA) is 233 Å². The number of Topliss-reactive ketones (excluding diaryl/α,β-unsaturated/α-hetero) is 1. The maximum absolute atomic E-state index is 15.7. The lowest BCUT2D eigenvalue weighted by molar-refractivity contribution is -0.347. The average molecular weight is 894 g/mol. The third-order valence-corrected chi connectivity index (χ3v) is 14.1. The van der Waals surface area contributed by atoms with Crippen LogP contribution in [0, 0.1) is 22.7 Å². The second-order valence-electron chi connectivity index (χ2n) is 19.4. The van der Waals surface area contributed by atoms with Gasteiger partial charge in [-0.2, -0.15) is 0 Å². The Balaban J connectivity index is 1.40. The highest BCUT2D eigenvalue weighted by atomic mass is 16.6. The van der Waals surface area contributed by atoms with Crippen LogP contribution in [-0.2, 0) is 52.3 Å². The monoisotopic (exact) mass is 893 g/mol. The van der Waals surface area contributed by atoms with Crippen molar-refractivity contribution in [3.63, 3.8) is 0 Å². The first-order chi connectivity index (χ1) is 30.0. The summed E-state index contributed by atoms with van der Waals surface area (Å²) in [5.41, 5.74) is -8.38. The molecule has 1 aliphatic heterocycles. The van der Waals surface area contributed by atoms with Gasteiger partial charge in [0.25, 0.3) is 0 Å². The number of esters is 4. The van der Waals surface area contributed by atoms with Crippen molar-refractivity contribution in [3.05, 3.63) is 71.2 Å². The van der Waals surface area contributed by atoms with Crippen LogP contribution in [0.3, 0.4) is 0 Å². The fraction of sp³-hybridized carbons (Fsp3) is 0.617. The minimum atomic E-state index is -2.37. The lowest BCUT2D eigenvalue weighted by Crippen LogP contribution is -2.82. The minimum Gasteiger partial charge on any atom is -0.467 e. The zero-order valence-corrected chi connectivity index (χ0v) is 37.7. The molecule has 1 saturated heterocycles. The Bertz CT molecular complexity index is 2170. The molecule has 3 N–H and O–H groups in total. The van der Waals surface area contributed by atoms with Crippen molar-refractivity contribution in [1.82, 2.24) is 5.32 Å². The summed E-state index contributed by atoms with van der Waals surface area (Å²) in [6, 6.07) is 9.70. The summed E-state index contributed by atoms with van der Waals surface area (Å²) in [5, 5.41) is 28.7. The summed E-state index contributed by atoms with van der Waals surface area (Å²) in [6.07, 6.45) is -7.50. The molecule has 348 valence electrons. The Morgan fingerprint density at radius 1 is 0.969 bits per heavy atom. The van der Waals surface area contributed by atoms with Crippen LogP contribution in [0.5, 0.6) is 0 Å². The Hall–Kier alpha value is -5.10. The van der Waals surface area contributed by atoms with E-state index >= 15 is 4.79 Å². The van der Waals surface area contributed by atoms with Gasteiger partial charge in [-0.15, -0.1) is 0 Å². The predicted molar refractivity (Wildman–Crippen MR) is 222 cm³/mol. The van der Waals surface area contributed by atoms with Crippen LogP contribution in [0.15, 0.2) is 64.3 Å². The number of methoxy groups -OCH3 is 1. The largest absolute Gasteiger partial charge is 0.467 e. The molecule has 64 heavy (non-hydrogen) atoms. The molecule has 1 amide bonds. The Morgan fingerprint density at radius 2 is 1.66 bits per heavy atom. The van der Waals surface area contributed by atoms with E-state index in [-0.39, 0.29) is 35.5 Å². The number of amides is 1. The zero-order chi connectivity index (χ0) is 46.7. The maximum Gasteiger partial charge on any atom is 0.408 e. The van der Waals surface area contributed by atoms with E-state index in [9.17, 15) is 34.2 Å². The molecule has 0 radical (unpaired) electrons. The molecule has 7 rings (SSSR count). The highest BCUT2D eigenvalue weighted by Gasteiger charge is 2.78. The Morgan fingerprint density at radius 3 is 2.20 bits per heavy atom. The van der Waals surface area contributed by atoms with E-state index in [2.05, 4.69) is 5.32 Å². The van der Waals surface area contributed by atoms with Crippen molar-refractivity contribution >= 4 is 35.8 Å². The van der Waals surface area contributed by atoms with Gasteiger partial charge in [-0.1, -0.05) is 38.5 Å². The number of rotatable bonds is 11. The Kier molecular flexibility index (Phi) is 12.5. The van der Waals surface area contributed by atoms with Crippen LogP contribution < -0.4 is 5.32 Å². The van der Waals surface area contributed by atoms with Gasteiger partial charge in [0.2, 0.25) is 0 Å². The molecule has 0 spiro atoms. The van der Waals surface area contributed by atoms with E-state index in [1.165, 1.54) is 38.5 Å². The molecular weight excluding hydrogens is 835 g/mol. The van der Waals surface area contributed by atoms with Crippen LogP contribution in [0.2, 0.25) is 0 Å². The number of furan rings is 1. The number of hydrogen-bond acceptors (Lipinski definition) is 16. The number of alkyl carbamates (subject to hydrolysis) is 1. The maximum atomic E-state index is 15.7. The first kappa shape index (κ1) is 46.9. The summed E-state index contributed by atoms with van der Waals surface area (Å²) >= 11 is 0. The number of aliphatic hydroxyl groups is 2. The number of fused-ring (bicyclic) bond motifs is 5. The Labute approximate surface area is 371 Å². The van der Waals surface area contributed by atoms with Gasteiger partial charge in [-0.25, -0.2) is 14.4 Å². The second kappa shape index (κ2) is 17.0. The van der Waals surface area contributed by atoms with Gasteiger partial charge in [0.15, 0.2) is 23.6 Å². The molecule has 2 aromatic rings. The molecule has 1 aromatic carbocycles. The summed E-state index contributed by atoms with van der Waals surface area (Å²) in [5.74, 6) is -6.08. The third-order valence-electron chi connectivity index (χ3n) is 14.1. The summed E-state index contributed by atoms with van der Waals surface area (Å²) < 4.78 is 47.9. The molecule has 17 heteroatoms. The molecule has 4 fully saturated rings. The first-order valence-corrected chi connectivity index (χ1v) is 21.7. The molecule has 1 aromatic heterocycles. The lowest BCUT2D eigenvalue weighted by atomic mass is 9.44. The van der Waals surface area contributed by atoms with Crippen LogP contribution in [-0.4, -0.2) is 113 Å². The predicted octanol–water partition coefficient (Wildman–Crippen LogP) is 4.86. The highest BCUT2D eigenvalue weighted by Crippen LogP contribution is 2.64. The van der Waals surface area contributed by atoms with E-state index in [1.807, 2.05) is 0 Å². The first-order valence-electron chi connectivity index (χ1n) is 21.7. The van der Waals surface area contributed by atoms with Crippen molar-refractivity contribution < 1.29 is 76.6 Å². The van der Waals surface area contributed by atoms with Crippen molar-refractivity contribution in [2.45, 2.75) is 147 Å². The summed E-state index contributed by atoms with van der Waals surface area (Å²) in [6.45, 7) is 12.0. The van der Waals surface area contributed by atoms with Crippen LogP contribution in [0.1, 0.15) is 110 Å². The molecule has 11 atom stereocenters. The standard InChI is InChI=1S/C47H59NO16/c1-24-29(61-41(54)35(57-9)33(28-19-14-20-58-28)48-42(55)64-43(3,4)5)22-47(56)38(62-39(52)26-15-11-10-12-16-26)36-45(8,37(51)34(60-25(2)49)32(24)44(47,6)7)30(50)21-31-46(36,23-59-31)63-40(53)27-17-13-18-27/h10-12,14-16,19-20,27,29-31,33-36,38,50,56H,13,17-18,21-23H2,1-9H3,(H,48,55)/t29-,30-,31+,33-,34+,35+,36?,38-,45+,46-,47+/m0/s1. The second-order valence-corrected chi connectivity index (χ2v) is 19.4. The highest BCUT2D eigenvalue weighted by molar-refractivity contribution is 5.95. The molecule has 2 heterocycles. The van der Waals surface area contributed by atoms with Gasteiger partial charge in [-0.3, -0.25) is 14.4 Å². The molecule has 2 bridgehead atoms. The van der Waals surface area contributed by atoms with Gasteiger partial charge in [0.05, 0.1) is 41.8 Å². The number of ether oxygens (including phenoxy) is 7. The van der Waals surface area contributed by atoms with Gasteiger partial charge in [0.1, 0.15) is 41.3 Å². The summed E-state index contributed by atoms with van der Waals surface area (Å²) in [4.78, 5) is 84.9. The quantitative estimate of drug-likeness (QED) is 0.155. The van der Waals surface area contributed by atoms with Crippen LogP contribution >= 0.6 is 0 Å². The third kappa shape index (κ3) is 7.91. The normalized spacial score (nSPS) is 33.0. The van der Waals surface area contributed by atoms with E-state index in [0.29, 0.717) is 12.8 Å². The molecule has 1 unspecified atom stereocenters. The molecule has 17 nitrogen and oxygen atoms in total. The van der Waals surface area contributed by atoms with E-state index in [0.717, 1.165) is 13.3 Å². The number of ketones is 1. The number of nitrogens with one attached hydrogen (secondary N) is 1. The van der Waals surface area contributed by atoms with E-state index in [4.69, 9.17) is 37.6 Å². The molecule has 5 aliphatic rings. The SMILES string of the molecule is CO[C@@H](C(=O)O[C@H]1C[C@@]2(O)[C@@H](OC(=O)c3ccccc3)C3[C@](C)(C(=O)[C@H](OC(C)=O)C(=C1C)C2(C)C)[C@@H](O)C[C@H]1OC[C@@]31OC(=O)C1CCC1)[C@@H](NC(=O)OC(C)(C)C)c1ccco1. The van der Waals surface area contributed by atoms with E-state index in [1.54, 1.807) is 65.8 Å².